The number of benzene rings is 2. The number of ether oxygens (including phenoxy) is 2. The van der Waals surface area contributed by atoms with Gasteiger partial charge in [0, 0.05) is 23.5 Å². The highest BCUT2D eigenvalue weighted by atomic mass is 35.5. The molecular weight excluding hydrogens is 392 g/mol. The van der Waals surface area contributed by atoms with Crippen molar-refractivity contribution in [3.8, 4) is 11.5 Å². The first kappa shape index (κ1) is 19.6. The molecule has 0 fully saturated rings. The second-order valence-corrected chi connectivity index (χ2v) is 6.19. The first-order valence-corrected chi connectivity index (χ1v) is 8.53. The molecule has 0 aliphatic rings. The number of anilines is 1. The van der Waals surface area contributed by atoms with Crippen LogP contribution in [0.3, 0.4) is 0 Å². The van der Waals surface area contributed by atoms with Crippen molar-refractivity contribution in [3.05, 3.63) is 71.0 Å². The summed E-state index contributed by atoms with van der Waals surface area (Å²) in [7, 11) is 1.32. The van der Waals surface area contributed by atoms with Crippen molar-refractivity contribution < 1.29 is 23.0 Å². The van der Waals surface area contributed by atoms with Gasteiger partial charge >= 0.3 is 6.61 Å². The summed E-state index contributed by atoms with van der Waals surface area (Å²) in [5, 5.41) is 7.34. The normalized spacial score (nSPS) is 10.8. The molecule has 0 unspecified atom stereocenters. The van der Waals surface area contributed by atoms with Gasteiger partial charge in [-0.1, -0.05) is 23.7 Å². The highest BCUT2D eigenvalue weighted by Crippen LogP contribution is 2.31. The monoisotopic (exact) mass is 407 g/mol. The first-order chi connectivity index (χ1) is 13.4. The van der Waals surface area contributed by atoms with E-state index in [0.29, 0.717) is 22.8 Å². The van der Waals surface area contributed by atoms with Gasteiger partial charge in [0.15, 0.2) is 11.5 Å². The minimum absolute atomic E-state index is 0.0892. The number of methoxy groups -OCH3 is 1. The van der Waals surface area contributed by atoms with Crippen LogP contribution in [0.2, 0.25) is 5.02 Å². The smallest absolute Gasteiger partial charge is 0.387 e. The molecule has 0 saturated carbocycles. The van der Waals surface area contributed by atoms with Gasteiger partial charge in [-0.15, -0.1) is 0 Å². The molecule has 0 aliphatic heterocycles. The Morgan fingerprint density at radius 2 is 1.96 bits per heavy atom. The number of hydrogen-bond acceptors (Lipinski definition) is 4. The van der Waals surface area contributed by atoms with Crippen LogP contribution in [0, 0.1) is 0 Å². The van der Waals surface area contributed by atoms with Crippen molar-refractivity contribution >= 4 is 23.2 Å². The molecule has 0 radical (unpaired) electrons. The third-order valence-corrected chi connectivity index (χ3v) is 4.00. The molecule has 0 atom stereocenters. The van der Waals surface area contributed by atoms with Crippen LogP contribution in [0.1, 0.15) is 15.9 Å². The van der Waals surface area contributed by atoms with Gasteiger partial charge < -0.3 is 14.8 Å². The van der Waals surface area contributed by atoms with Crippen molar-refractivity contribution in [2.75, 3.05) is 12.4 Å². The molecule has 1 N–H and O–H groups in total. The number of carbonyl (C=O) groups is 1. The summed E-state index contributed by atoms with van der Waals surface area (Å²) in [5.74, 6) is -0.372. The summed E-state index contributed by atoms with van der Waals surface area (Å²) < 4.78 is 35.8. The fraction of sp³-hybridized carbons (Fsp3) is 0.158. The van der Waals surface area contributed by atoms with Crippen LogP contribution in [0.5, 0.6) is 11.5 Å². The average Bonchev–Trinajstić information content (AvgIpc) is 3.07. The van der Waals surface area contributed by atoms with Crippen molar-refractivity contribution in [1.29, 1.82) is 0 Å². The van der Waals surface area contributed by atoms with E-state index in [0.717, 1.165) is 5.56 Å². The van der Waals surface area contributed by atoms with E-state index >= 15 is 0 Å². The van der Waals surface area contributed by atoms with Gasteiger partial charge in [-0.2, -0.15) is 13.9 Å². The summed E-state index contributed by atoms with van der Waals surface area (Å²) in [6, 6.07) is 11.1. The largest absolute Gasteiger partial charge is 0.493 e. The number of nitrogens with one attached hydrogen (secondary N) is 1. The standard InChI is InChI=1S/C19H16ClF2N3O3/c1-27-17-8-15(6-7-16(17)28-19(21)22)24-18(26)13-4-2-12(3-5-13)10-25-11-14(20)9-23-25/h2-9,11,19H,10H2,1H3,(H,24,26). The Labute approximate surface area is 164 Å². The zero-order valence-corrected chi connectivity index (χ0v) is 15.5. The zero-order valence-electron chi connectivity index (χ0n) is 14.7. The van der Waals surface area contributed by atoms with Crippen LogP contribution in [-0.4, -0.2) is 29.4 Å². The summed E-state index contributed by atoms with van der Waals surface area (Å²) in [4.78, 5) is 12.4. The van der Waals surface area contributed by atoms with E-state index in [4.69, 9.17) is 16.3 Å². The number of halogens is 3. The van der Waals surface area contributed by atoms with Gasteiger partial charge in [0.2, 0.25) is 0 Å². The van der Waals surface area contributed by atoms with Crippen LogP contribution >= 0.6 is 11.6 Å². The van der Waals surface area contributed by atoms with E-state index < -0.39 is 6.61 Å². The quantitative estimate of drug-likeness (QED) is 0.628. The van der Waals surface area contributed by atoms with Crippen LogP contribution in [-0.2, 0) is 6.54 Å². The third-order valence-electron chi connectivity index (χ3n) is 3.80. The highest BCUT2D eigenvalue weighted by Gasteiger charge is 2.13. The Morgan fingerprint density at radius 3 is 2.57 bits per heavy atom. The van der Waals surface area contributed by atoms with Crippen LogP contribution < -0.4 is 14.8 Å². The number of alkyl halides is 2. The number of amides is 1. The molecule has 1 amide bonds. The second kappa shape index (κ2) is 8.71. The number of aromatic nitrogens is 2. The Morgan fingerprint density at radius 1 is 1.21 bits per heavy atom. The van der Waals surface area contributed by atoms with Crippen molar-refractivity contribution in [2.45, 2.75) is 13.2 Å². The lowest BCUT2D eigenvalue weighted by molar-refractivity contribution is -0.0512. The van der Waals surface area contributed by atoms with Crippen molar-refractivity contribution in [1.82, 2.24) is 9.78 Å². The molecular formula is C19H16ClF2N3O3. The predicted molar refractivity (Wildman–Crippen MR) is 100 cm³/mol. The van der Waals surface area contributed by atoms with E-state index in [1.54, 1.807) is 29.2 Å². The maximum absolute atomic E-state index is 12.4. The van der Waals surface area contributed by atoms with E-state index in [1.165, 1.54) is 25.3 Å². The van der Waals surface area contributed by atoms with Gasteiger partial charge in [0.25, 0.3) is 5.91 Å². The topological polar surface area (TPSA) is 65.4 Å². The van der Waals surface area contributed by atoms with Gasteiger partial charge in [-0.05, 0) is 29.8 Å². The van der Waals surface area contributed by atoms with E-state index in [2.05, 4.69) is 15.2 Å². The molecule has 3 aromatic rings. The van der Waals surface area contributed by atoms with Gasteiger partial charge in [-0.3, -0.25) is 9.48 Å². The number of carbonyl (C=O) groups excluding carboxylic acids is 1. The summed E-state index contributed by atoms with van der Waals surface area (Å²) in [6.45, 7) is -2.44. The molecule has 0 saturated heterocycles. The summed E-state index contributed by atoms with van der Waals surface area (Å²) in [5.41, 5.74) is 1.78. The number of rotatable bonds is 7. The van der Waals surface area contributed by atoms with E-state index in [-0.39, 0.29) is 17.4 Å². The fourth-order valence-corrected chi connectivity index (χ4v) is 2.67. The van der Waals surface area contributed by atoms with Gasteiger partial charge in [0.1, 0.15) is 0 Å². The minimum atomic E-state index is -2.97. The lowest BCUT2D eigenvalue weighted by Gasteiger charge is -2.12. The SMILES string of the molecule is COc1cc(NC(=O)c2ccc(Cn3cc(Cl)cn3)cc2)ccc1OC(F)F. The van der Waals surface area contributed by atoms with E-state index in [9.17, 15) is 13.6 Å². The third kappa shape index (κ3) is 4.98. The van der Waals surface area contributed by atoms with E-state index in [1.807, 2.05) is 12.1 Å². The average molecular weight is 408 g/mol. The molecule has 0 spiro atoms. The predicted octanol–water partition coefficient (Wildman–Crippen LogP) is 4.45. The Bertz CT molecular complexity index is 961. The number of hydrogen-bond donors (Lipinski definition) is 1. The fourth-order valence-electron chi connectivity index (χ4n) is 2.52. The van der Waals surface area contributed by atoms with Crippen LogP contribution in [0.4, 0.5) is 14.5 Å². The lowest BCUT2D eigenvalue weighted by Crippen LogP contribution is -2.12. The lowest BCUT2D eigenvalue weighted by atomic mass is 10.1. The molecule has 1 aromatic heterocycles. The van der Waals surface area contributed by atoms with Crippen molar-refractivity contribution in [2.24, 2.45) is 0 Å². The first-order valence-electron chi connectivity index (χ1n) is 8.15. The molecule has 9 heteroatoms. The maximum Gasteiger partial charge on any atom is 0.387 e. The Hall–Kier alpha value is -3.13. The maximum atomic E-state index is 12.4. The molecule has 1 heterocycles. The second-order valence-electron chi connectivity index (χ2n) is 5.75. The van der Waals surface area contributed by atoms with Gasteiger partial charge in [-0.25, -0.2) is 0 Å². The molecule has 6 nitrogen and oxygen atoms in total. The summed E-state index contributed by atoms with van der Waals surface area (Å²) >= 11 is 5.84. The number of nitrogens with zero attached hydrogens (tertiary/aromatic N) is 2. The zero-order chi connectivity index (χ0) is 20.1. The Balaban J connectivity index is 1.67. The molecule has 2 aromatic carbocycles. The molecule has 146 valence electrons. The Kier molecular flexibility index (Phi) is 6.10. The molecule has 3 rings (SSSR count). The summed E-state index contributed by atoms with van der Waals surface area (Å²) in [6.07, 6.45) is 3.26. The molecule has 28 heavy (non-hydrogen) atoms. The molecule has 0 bridgehead atoms. The van der Waals surface area contributed by atoms with Crippen LogP contribution in [0.25, 0.3) is 0 Å². The van der Waals surface area contributed by atoms with Crippen LogP contribution in [0.15, 0.2) is 54.9 Å². The van der Waals surface area contributed by atoms with Crippen molar-refractivity contribution in [3.63, 3.8) is 0 Å². The minimum Gasteiger partial charge on any atom is -0.493 e. The molecule has 0 aliphatic carbocycles. The van der Waals surface area contributed by atoms with Gasteiger partial charge in [0.05, 0.1) is 24.9 Å². The highest BCUT2D eigenvalue weighted by molar-refractivity contribution is 6.30.